The van der Waals surface area contributed by atoms with Crippen LogP contribution in [0.3, 0.4) is 0 Å². The third-order valence-corrected chi connectivity index (χ3v) is 2.92. The van der Waals surface area contributed by atoms with Crippen molar-refractivity contribution in [3.8, 4) is 0 Å². The Morgan fingerprint density at radius 3 is 2.90 bits per heavy atom. The molecule has 0 amide bonds. The van der Waals surface area contributed by atoms with Crippen LogP contribution in [0.15, 0.2) is 36.9 Å². The molecule has 0 spiro atoms. The molecule has 2 heterocycles. The van der Waals surface area contributed by atoms with Crippen molar-refractivity contribution in [2.24, 2.45) is 5.73 Å². The number of nitrogens with two attached hydrogens (primary N) is 1. The van der Waals surface area contributed by atoms with Crippen LogP contribution in [0, 0.1) is 0 Å². The lowest BCUT2D eigenvalue weighted by atomic mass is 10.0. The SMILES string of the molecule is CCOC(=O)c1cnn(C(c2cccnc2)C(C)N)c1. The summed E-state index contributed by atoms with van der Waals surface area (Å²) in [6.07, 6.45) is 6.59. The molecule has 0 aliphatic carbocycles. The predicted octanol–water partition coefficient (Wildman–Crippen LogP) is 1.39. The first-order chi connectivity index (χ1) is 9.63. The number of hydrogen-bond acceptors (Lipinski definition) is 5. The summed E-state index contributed by atoms with van der Waals surface area (Å²) in [6.45, 7) is 4.00. The summed E-state index contributed by atoms with van der Waals surface area (Å²) in [4.78, 5) is 15.8. The van der Waals surface area contributed by atoms with Gasteiger partial charge in [0.2, 0.25) is 0 Å². The highest BCUT2D eigenvalue weighted by atomic mass is 16.5. The predicted molar refractivity (Wildman–Crippen MR) is 74.2 cm³/mol. The average Bonchev–Trinajstić information content (AvgIpc) is 2.89. The summed E-state index contributed by atoms with van der Waals surface area (Å²) in [6, 6.07) is 3.44. The Morgan fingerprint density at radius 1 is 1.50 bits per heavy atom. The van der Waals surface area contributed by atoms with Crippen molar-refractivity contribution in [1.82, 2.24) is 14.8 Å². The number of aromatic nitrogens is 3. The van der Waals surface area contributed by atoms with Gasteiger partial charge in [-0.1, -0.05) is 6.07 Å². The van der Waals surface area contributed by atoms with E-state index in [1.54, 1.807) is 30.2 Å². The third-order valence-electron chi connectivity index (χ3n) is 2.92. The average molecular weight is 274 g/mol. The minimum atomic E-state index is -0.381. The highest BCUT2D eigenvalue weighted by Gasteiger charge is 2.21. The lowest BCUT2D eigenvalue weighted by Crippen LogP contribution is -2.30. The summed E-state index contributed by atoms with van der Waals surface area (Å²) in [5.41, 5.74) is 7.40. The van der Waals surface area contributed by atoms with E-state index in [9.17, 15) is 4.79 Å². The van der Waals surface area contributed by atoms with Gasteiger partial charge < -0.3 is 10.5 Å². The molecule has 0 radical (unpaired) electrons. The second-order valence-electron chi connectivity index (χ2n) is 4.52. The number of nitrogens with zero attached hydrogens (tertiary/aromatic N) is 3. The summed E-state index contributed by atoms with van der Waals surface area (Å²) >= 11 is 0. The number of ether oxygens (including phenoxy) is 1. The first-order valence-corrected chi connectivity index (χ1v) is 6.50. The summed E-state index contributed by atoms with van der Waals surface area (Å²) in [7, 11) is 0. The van der Waals surface area contributed by atoms with Crippen LogP contribution in [-0.4, -0.2) is 33.4 Å². The Morgan fingerprint density at radius 2 is 2.30 bits per heavy atom. The van der Waals surface area contributed by atoms with E-state index in [0.29, 0.717) is 12.2 Å². The van der Waals surface area contributed by atoms with Gasteiger partial charge in [0.15, 0.2) is 0 Å². The van der Waals surface area contributed by atoms with Crippen molar-refractivity contribution in [3.05, 3.63) is 48.0 Å². The molecule has 6 heteroatoms. The van der Waals surface area contributed by atoms with Gasteiger partial charge in [0.1, 0.15) is 0 Å². The van der Waals surface area contributed by atoms with Crippen molar-refractivity contribution in [2.45, 2.75) is 25.9 Å². The molecule has 2 rings (SSSR count). The number of esters is 1. The molecule has 0 aliphatic rings. The molecule has 2 aromatic rings. The zero-order valence-electron chi connectivity index (χ0n) is 11.6. The molecule has 2 atom stereocenters. The van der Waals surface area contributed by atoms with Crippen molar-refractivity contribution in [3.63, 3.8) is 0 Å². The third kappa shape index (κ3) is 3.03. The van der Waals surface area contributed by atoms with Gasteiger partial charge in [0.25, 0.3) is 0 Å². The van der Waals surface area contributed by atoms with Gasteiger partial charge in [-0.05, 0) is 25.5 Å². The van der Waals surface area contributed by atoms with Crippen molar-refractivity contribution >= 4 is 5.97 Å². The molecule has 0 saturated heterocycles. The number of carbonyl (C=O) groups excluding carboxylic acids is 1. The van der Waals surface area contributed by atoms with Crippen LogP contribution < -0.4 is 5.73 Å². The first-order valence-electron chi connectivity index (χ1n) is 6.50. The second-order valence-corrected chi connectivity index (χ2v) is 4.52. The first kappa shape index (κ1) is 14.2. The topological polar surface area (TPSA) is 83.0 Å². The largest absolute Gasteiger partial charge is 0.462 e. The van der Waals surface area contributed by atoms with Crippen molar-refractivity contribution in [1.29, 1.82) is 0 Å². The fraction of sp³-hybridized carbons (Fsp3) is 0.357. The summed E-state index contributed by atoms with van der Waals surface area (Å²) in [5.74, 6) is -0.381. The van der Waals surface area contributed by atoms with Crippen LogP contribution in [0.1, 0.15) is 35.8 Å². The Hall–Kier alpha value is -2.21. The lowest BCUT2D eigenvalue weighted by Gasteiger charge is -2.21. The van der Waals surface area contributed by atoms with E-state index in [1.807, 2.05) is 19.1 Å². The van der Waals surface area contributed by atoms with Gasteiger partial charge in [-0.3, -0.25) is 9.67 Å². The van der Waals surface area contributed by atoms with E-state index >= 15 is 0 Å². The van der Waals surface area contributed by atoms with Crippen molar-refractivity contribution < 1.29 is 9.53 Å². The van der Waals surface area contributed by atoms with Crippen LogP contribution >= 0.6 is 0 Å². The van der Waals surface area contributed by atoms with E-state index in [2.05, 4.69) is 10.1 Å². The van der Waals surface area contributed by atoms with E-state index in [1.165, 1.54) is 6.20 Å². The molecule has 20 heavy (non-hydrogen) atoms. The van der Waals surface area contributed by atoms with E-state index in [0.717, 1.165) is 5.56 Å². The summed E-state index contributed by atoms with van der Waals surface area (Å²) in [5, 5.41) is 4.23. The minimum Gasteiger partial charge on any atom is -0.462 e. The molecule has 2 N–H and O–H groups in total. The molecular weight excluding hydrogens is 256 g/mol. The smallest absolute Gasteiger partial charge is 0.341 e. The number of carbonyl (C=O) groups is 1. The maximum absolute atomic E-state index is 11.7. The Bertz CT molecular complexity index is 566. The molecule has 2 unspecified atom stereocenters. The molecule has 2 aromatic heterocycles. The number of hydrogen-bond donors (Lipinski definition) is 1. The van der Waals surface area contributed by atoms with Gasteiger partial charge in [-0.25, -0.2) is 4.79 Å². The maximum Gasteiger partial charge on any atom is 0.341 e. The molecule has 0 aromatic carbocycles. The molecular formula is C14H18N4O2. The maximum atomic E-state index is 11.7. The fourth-order valence-electron chi connectivity index (χ4n) is 2.06. The van der Waals surface area contributed by atoms with Crippen molar-refractivity contribution in [2.75, 3.05) is 6.61 Å². The number of rotatable bonds is 5. The normalized spacial score (nSPS) is 13.8. The second kappa shape index (κ2) is 6.29. The van der Waals surface area contributed by atoms with Gasteiger partial charge in [0.05, 0.1) is 24.4 Å². The highest BCUT2D eigenvalue weighted by molar-refractivity contribution is 5.88. The van der Waals surface area contributed by atoms with Gasteiger partial charge >= 0.3 is 5.97 Å². The highest BCUT2D eigenvalue weighted by Crippen LogP contribution is 2.20. The van der Waals surface area contributed by atoms with Crippen LogP contribution in [0.2, 0.25) is 0 Å². The van der Waals surface area contributed by atoms with E-state index in [-0.39, 0.29) is 18.1 Å². The molecule has 0 bridgehead atoms. The Kier molecular flexibility index (Phi) is 4.47. The Balaban J connectivity index is 2.30. The molecule has 6 nitrogen and oxygen atoms in total. The van der Waals surface area contributed by atoms with Gasteiger partial charge in [0, 0.05) is 24.6 Å². The lowest BCUT2D eigenvalue weighted by molar-refractivity contribution is 0.0526. The minimum absolute atomic E-state index is 0.172. The van der Waals surface area contributed by atoms with E-state index in [4.69, 9.17) is 10.5 Å². The van der Waals surface area contributed by atoms with Crippen LogP contribution in [0.25, 0.3) is 0 Å². The Labute approximate surface area is 117 Å². The quantitative estimate of drug-likeness (QED) is 0.833. The monoisotopic (exact) mass is 274 g/mol. The van der Waals surface area contributed by atoms with E-state index < -0.39 is 0 Å². The molecule has 106 valence electrons. The van der Waals surface area contributed by atoms with Crippen LogP contribution in [0.4, 0.5) is 0 Å². The number of pyridine rings is 1. The fourth-order valence-corrected chi connectivity index (χ4v) is 2.06. The molecule has 0 saturated carbocycles. The van der Waals surface area contributed by atoms with Crippen LogP contribution in [0.5, 0.6) is 0 Å². The zero-order valence-corrected chi connectivity index (χ0v) is 11.6. The van der Waals surface area contributed by atoms with Gasteiger partial charge in [-0.2, -0.15) is 5.10 Å². The standard InChI is InChI=1S/C14H18N4O2/c1-3-20-14(19)12-8-17-18(9-12)13(10(2)15)11-5-4-6-16-7-11/h4-10,13H,3,15H2,1-2H3. The van der Waals surface area contributed by atoms with Crippen LogP contribution in [-0.2, 0) is 4.74 Å². The molecule has 0 fully saturated rings. The summed E-state index contributed by atoms with van der Waals surface area (Å²) < 4.78 is 6.63. The molecule has 0 aliphatic heterocycles. The van der Waals surface area contributed by atoms with Gasteiger partial charge in [-0.15, -0.1) is 0 Å². The zero-order chi connectivity index (χ0) is 14.5.